The molecule has 0 saturated heterocycles. The topological polar surface area (TPSA) is 41.9 Å². The highest BCUT2D eigenvalue weighted by Gasteiger charge is 2.32. The van der Waals surface area contributed by atoms with Crippen molar-refractivity contribution in [1.29, 1.82) is 0 Å². The Morgan fingerprint density at radius 1 is 0.763 bits per heavy atom. The van der Waals surface area contributed by atoms with Crippen LogP contribution in [0.1, 0.15) is 22.3 Å². The van der Waals surface area contributed by atoms with Crippen LogP contribution in [0.15, 0.2) is 132 Å². The monoisotopic (exact) mass is 494 g/mol. The third-order valence-electron chi connectivity index (χ3n) is 6.66. The van der Waals surface area contributed by atoms with Crippen molar-refractivity contribution in [3.63, 3.8) is 0 Å². The van der Waals surface area contributed by atoms with Crippen molar-refractivity contribution >= 4 is 34.2 Å². The van der Waals surface area contributed by atoms with Crippen LogP contribution in [0.2, 0.25) is 0 Å². The molecule has 0 radical (unpaired) electrons. The summed E-state index contributed by atoms with van der Waals surface area (Å²) in [6.45, 7) is 2.50. The third-order valence-corrected chi connectivity index (χ3v) is 6.66. The zero-order valence-corrected chi connectivity index (χ0v) is 21.0. The lowest BCUT2D eigenvalue weighted by Crippen LogP contribution is -2.21. The van der Waals surface area contributed by atoms with Gasteiger partial charge in [0.25, 0.3) is 5.91 Å². The largest absolute Gasteiger partial charge is 0.488 e. The lowest BCUT2D eigenvalue weighted by atomic mass is 9.97. The van der Waals surface area contributed by atoms with Gasteiger partial charge in [-0.2, -0.15) is 10.1 Å². The Balaban J connectivity index is 1.48. The first-order valence-electron chi connectivity index (χ1n) is 12.6. The van der Waals surface area contributed by atoms with Crippen LogP contribution in [-0.4, -0.2) is 11.6 Å². The lowest BCUT2D eigenvalue weighted by molar-refractivity contribution is -0.114. The van der Waals surface area contributed by atoms with E-state index in [1.807, 2.05) is 84.9 Å². The number of aryl methyl sites for hydroxylation is 1. The normalized spacial score (nSPS) is 14.2. The summed E-state index contributed by atoms with van der Waals surface area (Å²) in [5.74, 6) is 0.544. The van der Waals surface area contributed by atoms with Gasteiger partial charge in [-0.25, -0.2) is 0 Å². The van der Waals surface area contributed by atoms with Crippen molar-refractivity contribution in [2.45, 2.75) is 13.5 Å². The van der Waals surface area contributed by atoms with Crippen LogP contribution < -0.4 is 9.75 Å². The Kier molecular flexibility index (Phi) is 6.29. The van der Waals surface area contributed by atoms with Crippen LogP contribution in [0.4, 0.5) is 5.69 Å². The second-order valence-electron chi connectivity index (χ2n) is 9.30. The Hall–Kier alpha value is -4.96. The second-order valence-corrected chi connectivity index (χ2v) is 9.30. The summed E-state index contributed by atoms with van der Waals surface area (Å²) in [6.07, 6.45) is 1.93. The van der Waals surface area contributed by atoms with E-state index in [2.05, 4.69) is 49.4 Å². The molecular formula is C34H26N2O2. The van der Waals surface area contributed by atoms with Crippen molar-refractivity contribution in [1.82, 2.24) is 0 Å². The van der Waals surface area contributed by atoms with Gasteiger partial charge >= 0.3 is 0 Å². The molecule has 1 heterocycles. The van der Waals surface area contributed by atoms with E-state index in [4.69, 9.17) is 9.84 Å². The first kappa shape index (κ1) is 23.4. The molecule has 5 aromatic carbocycles. The van der Waals surface area contributed by atoms with Crippen LogP contribution in [0.5, 0.6) is 5.75 Å². The van der Waals surface area contributed by atoms with E-state index in [9.17, 15) is 4.79 Å². The molecule has 4 heteroatoms. The zero-order valence-electron chi connectivity index (χ0n) is 21.0. The molecule has 4 nitrogen and oxygen atoms in total. The molecule has 0 saturated carbocycles. The predicted molar refractivity (Wildman–Crippen MR) is 154 cm³/mol. The summed E-state index contributed by atoms with van der Waals surface area (Å²) in [5, 5.41) is 8.36. The molecule has 38 heavy (non-hydrogen) atoms. The van der Waals surface area contributed by atoms with E-state index in [1.165, 1.54) is 10.6 Å². The van der Waals surface area contributed by atoms with Gasteiger partial charge in [0.05, 0.1) is 11.3 Å². The summed E-state index contributed by atoms with van der Waals surface area (Å²) in [6, 6.07) is 39.9. The number of carbonyl (C=O) groups is 1. The van der Waals surface area contributed by atoms with E-state index in [0.29, 0.717) is 17.9 Å². The number of hydrazone groups is 1. The van der Waals surface area contributed by atoms with Gasteiger partial charge in [0, 0.05) is 11.1 Å². The molecule has 184 valence electrons. The minimum Gasteiger partial charge on any atom is -0.488 e. The lowest BCUT2D eigenvalue weighted by Gasteiger charge is -2.14. The summed E-state index contributed by atoms with van der Waals surface area (Å²) in [7, 11) is 0. The van der Waals surface area contributed by atoms with Gasteiger partial charge in [-0.05, 0) is 47.5 Å². The molecule has 1 aliphatic rings. The molecular weight excluding hydrogens is 468 g/mol. The van der Waals surface area contributed by atoms with Crippen LogP contribution in [0, 0.1) is 6.92 Å². The second kappa shape index (κ2) is 10.2. The molecule has 1 amide bonds. The Morgan fingerprint density at radius 3 is 2.21 bits per heavy atom. The summed E-state index contributed by atoms with van der Waals surface area (Å²) in [4.78, 5) is 13.9. The Morgan fingerprint density at radius 2 is 1.45 bits per heavy atom. The number of amides is 1. The Labute approximate surface area is 222 Å². The van der Waals surface area contributed by atoms with Crippen molar-refractivity contribution in [3.8, 4) is 5.75 Å². The number of benzene rings is 5. The van der Waals surface area contributed by atoms with Crippen molar-refractivity contribution in [2.75, 3.05) is 5.01 Å². The van der Waals surface area contributed by atoms with Crippen LogP contribution in [0.3, 0.4) is 0 Å². The zero-order chi connectivity index (χ0) is 25.9. The number of hydrogen-bond acceptors (Lipinski definition) is 3. The molecule has 0 unspecified atom stereocenters. The van der Waals surface area contributed by atoms with Gasteiger partial charge < -0.3 is 4.74 Å². The number of nitrogens with zero attached hydrogens (tertiary/aromatic N) is 2. The number of ether oxygens (including phenoxy) is 1. The first-order valence-corrected chi connectivity index (χ1v) is 12.6. The molecule has 0 spiro atoms. The average molecular weight is 495 g/mol. The van der Waals surface area contributed by atoms with E-state index >= 15 is 0 Å². The first-order chi connectivity index (χ1) is 18.7. The molecule has 0 aromatic heterocycles. The SMILES string of the molecule is Cc1ccc(COc2ccc3ccccc3c2/C=C2\C(=O)N(c3ccccc3)N=C2c2ccccc2)cc1. The number of hydrogen-bond donors (Lipinski definition) is 0. The highest BCUT2D eigenvalue weighted by Crippen LogP contribution is 2.34. The van der Waals surface area contributed by atoms with Crippen LogP contribution in [-0.2, 0) is 11.4 Å². The molecule has 6 rings (SSSR count). The van der Waals surface area contributed by atoms with Gasteiger partial charge in [-0.3, -0.25) is 4.79 Å². The van der Waals surface area contributed by atoms with Gasteiger partial charge in [0.2, 0.25) is 0 Å². The minimum absolute atomic E-state index is 0.174. The number of anilines is 1. The standard InChI is InChI=1S/C34H26N2O2/c1-24-16-18-25(19-17-24)23-38-32-21-20-26-10-8-9-15-29(26)30(32)22-31-33(27-11-4-2-5-12-27)35-36(34(31)37)28-13-6-3-7-14-28/h2-22H,23H2,1H3/b31-22-. The Bertz CT molecular complexity index is 1670. The fourth-order valence-electron chi connectivity index (χ4n) is 4.64. The molecule has 0 fully saturated rings. The fraction of sp³-hybridized carbons (Fsp3) is 0.0588. The maximum Gasteiger partial charge on any atom is 0.281 e. The molecule has 0 bridgehead atoms. The maximum atomic E-state index is 13.9. The minimum atomic E-state index is -0.174. The van der Waals surface area contributed by atoms with Gasteiger partial charge in [0.15, 0.2) is 0 Å². The molecule has 0 N–H and O–H groups in total. The van der Waals surface area contributed by atoms with E-state index < -0.39 is 0 Å². The summed E-state index contributed by atoms with van der Waals surface area (Å²) >= 11 is 0. The van der Waals surface area contributed by atoms with Gasteiger partial charge in [-0.1, -0.05) is 109 Å². The smallest absolute Gasteiger partial charge is 0.281 e. The maximum absolute atomic E-state index is 13.9. The van der Waals surface area contributed by atoms with Crippen molar-refractivity contribution in [3.05, 3.63) is 149 Å². The number of fused-ring (bicyclic) bond motifs is 1. The van der Waals surface area contributed by atoms with Crippen molar-refractivity contribution < 1.29 is 9.53 Å². The fourth-order valence-corrected chi connectivity index (χ4v) is 4.64. The van der Waals surface area contributed by atoms with Crippen LogP contribution >= 0.6 is 0 Å². The summed E-state index contributed by atoms with van der Waals surface area (Å²) < 4.78 is 6.36. The quantitative estimate of drug-likeness (QED) is 0.229. The highest BCUT2D eigenvalue weighted by molar-refractivity contribution is 6.37. The van der Waals surface area contributed by atoms with Gasteiger partial charge in [-0.15, -0.1) is 0 Å². The van der Waals surface area contributed by atoms with E-state index in [0.717, 1.165) is 38.9 Å². The predicted octanol–water partition coefficient (Wildman–Crippen LogP) is 7.56. The van der Waals surface area contributed by atoms with Crippen LogP contribution in [0.25, 0.3) is 16.8 Å². The molecule has 0 atom stereocenters. The molecule has 1 aliphatic heterocycles. The van der Waals surface area contributed by atoms with E-state index in [1.54, 1.807) is 0 Å². The number of rotatable bonds is 6. The van der Waals surface area contributed by atoms with Crippen molar-refractivity contribution in [2.24, 2.45) is 5.10 Å². The van der Waals surface area contributed by atoms with Gasteiger partial charge in [0.1, 0.15) is 18.1 Å². The number of carbonyl (C=O) groups excluding carboxylic acids is 1. The average Bonchev–Trinajstić information content (AvgIpc) is 3.30. The molecule has 5 aromatic rings. The number of para-hydroxylation sites is 1. The third kappa shape index (κ3) is 4.60. The highest BCUT2D eigenvalue weighted by atomic mass is 16.5. The summed E-state index contributed by atoms with van der Waals surface area (Å²) in [5.41, 5.74) is 5.92. The molecule has 0 aliphatic carbocycles. The van der Waals surface area contributed by atoms with E-state index in [-0.39, 0.29) is 5.91 Å².